The Labute approximate surface area is 141 Å². The molecule has 2 N–H and O–H groups in total. The van der Waals surface area contributed by atoms with Gasteiger partial charge in [0.05, 0.1) is 4.90 Å². The van der Waals surface area contributed by atoms with Crippen molar-refractivity contribution >= 4 is 15.5 Å². The van der Waals surface area contributed by atoms with Gasteiger partial charge in [-0.15, -0.1) is 0 Å². The number of sulfone groups is 1. The van der Waals surface area contributed by atoms with Gasteiger partial charge in [-0.3, -0.25) is 0 Å². The number of rotatable bonds is 3. The summed E-state index contributed by atoms with van der Waals surface area (Å²) in [6.45, 7) is 8.36. The van der Waals surface area contributed by atoms with Crippen molar-refractivity contribution in [2.45, 2.75) is 45.4 Å². The molecule has 23 heavy (non-hydrogen) atoms. The zero-order valence-electron chi connectivity index (χ0n) is 14.8. The van der Waals surface area contributed by atoms with Gasteiger partial charge in [0.2, 0.25) is 0 Å². The molecule has 0 aliphatic carbocycles. The Morgan fingerprint density at radius 1 is 0.783 bits per heavy atom. The molecule has 0 fully saturated rings. The predicted octanol–water partition coefficient (Wildman–Crippen LogP) is 4.51. The molecule has 0 aliphatic rings. The highest BCUT2D eigenvalue weighted by Crippen LogP contribution is 2.10. The van der Waals surface area contributed by atoms with Crippen LogP contribution in [-0.4, -0.2) is 14.7 Å². The number of nitrogen functional groups attached to an aromatic ring is 1. The van der Waals surface area contributed by atoms with Gasteiger partial charge in [-0.1, -0.05) is 52.0 Å². The minimum atomic E-state index is -3.08. The molecule has 3 nitrogen and oxygen atoms in total. The van der Waals surface area contributed by atoms with Crippen molar-refractivity contribution in [2.24, 2.45) is 0 Å². The molecule has 0 aliphatic heterocycles. The summed E-state index contributed by atoms with van der Waals surface area (Å²) in [5, 5.41) is 0. The van der Waals surface area contributed by atoms with Crippen molar-refractivity contribution in [3.63, 3.8) is 0 Å². The zero-order valence-corrected chi connectivity index (χ0v) is 15.7. The van der Waals surface area contributed by atoms with E-state index in [1.807, 2.05) is 13.8 Å². The van der Waals surface area contributed by atoms with Gasteiger partial charge in [0.1, 0.15) is 0 Å². The summed E-state index contributed by atoms with van der Waals surface area (Å²) in [5.74, 6) is 0. The number of hydrogen-bond donors (Lipinski definition) is 1. The lowest BCUT2D eigenvalue weighted by molar-refractivity contribution is 0.602. The minimum Gasteiger partial charge on any atom is -0.399 e. The van der Waals surface area contributed by atoms with Crippen LogP contribution in [0.1, 0.15) is 38.8 Å². The number of benzene rings is 2. The predicted molar refractivity (Wildman–Crippen MR) is 101 cm³/mol. The maximum atomic E-state index is 10.9. The van der Waals surface area contributed by atoms with Crippen molar-refractivity contribution in [3.8, 4) is 0 Å². The van der Waals surface area contributed by atoms with Crippen molar-refractivity contribution < 1.29 is 8.42 Å². The molecule has 0 heterocycles. The number of hydrogen-bond acceptors (Lipinski definition) is 3. The number of aryl methyl sites for hydroxylation is 2. The first-order valence-corrected chi connectivity index (χ1v) is 9.89. The second kappa shape index (κ2) is 10.8. The van der Waals surface area contributed by atoms with E-state index in [0.717, 1.165) is 12.8 Å². The van der Waals surface area contributed by atoms with Crippen molar-refractivity contribution in [3.05, 3.63) is 59.7 Å². The Balaban J connectivity index is 0.000000381. The van der Waals surface area contributed by atoms with Crippen LogP contribution in [0.15, 0.2) is 53.4 Å². The molecule has 0 spiro atoms. The molecule has 0 saturated heterocycles. The van der Waals surface area contributed by atoms with Gasteiger partial charge in [-0.25, -0.2) is 8.42 Å². The minimum absolute atomic E-state index is 0.298. The lowest BCUT2D eigenvalue weighted by atomic mass is 10.1. The first-order valence-electron chi connectivity index (χ1n) is 8.00. The highest BCUT2D eigenvalue weighted by atomic mass is 32.2. The smallest absolute Gasteiger partial charge is 0.175 e. The van der Waals surface area contributed by atoms with Crippen LogP contribution >= 0.6 is 0 Å². The molecule has 2 aromatic carbocycles. The van der Waals surface area contributed by atoms with Crippen LogP contribution in [0, 0.1) is 0 Å². The zero-order chi connectivity index (χ0) is 17.9. The fourth-order valence-electron chi connectivity index (χ4n) is 1.73. The van der Waals surface area contributed by atoms with Crippen LogP contribution in [0.25, 0.3) is 0 Å². The Morgan fingerprint density at radius 2 is 1.13 bits per heavy atom. The van der Waals surface area contributed by atoms with E-state index in [0.29, 0.717) is 10.6 Å². The third kappa shape index (κ3) is 8.41. The lowest BCUT2D eigenvalue weighted by Gasteiger charge is -1.97. The van der Waals surface area contributed by atoms with Gasteiger partial charge < -0.3 is 5.73 Å². The molecule has 128 valence electrons. The Kier molecular flexibility index (Phi) is 9.99. The van der Waals surface area contributed by atoms with Gasteiger partial charge in [-0.05, 0) is 48.2 Å². The molecule has 0 atom stereocenters. The maximum Gasteiger partial charge on any atom is 0.175 e. The maximum absolute atomic E-state index is 10.9. The fraction of sp³-hybridized carbons (Fsp3) is 0.368. The highest BCUT2D eigenvalue weighted by Gasteiger charge is 2.04. The van der Waals surface area contributed by atoms with E-state index in [-0.39, 0.29) is 0 Å². The van der Waals surface area contributed by atoms with Gasteiger partial charge in [0, 0.05) is 11.9 Å². The molecule has 2 aromatic rings. The molecule has 0 radical (unpaired) electrons. The quantitative estimate of drug-likeness (QED) is 0.840. The van der Waals surface area contributed by atoms with Crippen LogP contribution in [0.3, 0.4) is 0 Å². The Bertz CT molecular complexity index is 622. The van der Waals surface area contributed by atoms with Gasteiger partial charge in [0.25, 0.3) is 0 Å². The van der Waals surface area contributed by atoms with Crippen LogP contribution in [0.5, 0.6) is 0 Å². The summed E-state index contributed by atoms with van der Waals surface area (Å²) in [6.07, 6.45) is 3.45. The van der Waals surface area contributed by atoms with E-state index in [2.05, 4.69) is 38.1 Å². The van der Waals surface area contributed by atoms with Crippen LogP contribution < -0.4 is 5.73 Å². The molecule has 0 unspecified atom stereocenters. The molecule has 4 heteroatoms. The summed E-state index contributed by atoms with van der Waals surface area (Å²) >= 11 is 0. The molecular weight excluding hydrogens is 306 g/mol. The normalized spacial score (nSPS) is 9.96. The first kappa shape index (κ1) is 21.2. The Morgan fingerprint density at radius 3 is 1.39 bits per heavy atom. The van der Waals surface area contributed by atoms with Crippen molar-refractivity contribution in [1.82, 2.24) is 0 Å². The lowest BCUT2D eigenvalue weighted by Crippen LogP contribution is -1.96. The summed E-state index contributed by atoms with van der Waals surface area (Å²) in [4.78, 5) is 0.298. The monoisotopic (exact) mass is 335 g/mol. The molecule has 0 amide bonds. The molecular formula is C19H29NO2S. The topological polar surface area (TPSA) is 60.2 Å². The second-order valence-corrected chi connectivity index (χ2v) is 6.88. The largest absolute Gasteiger partial charge is 0.399 e. The summed E-state index contributed by atoms with van der Waals surface area (Å²) in [5.41, 5.74) is 8.80. The third-order valence-corrected chi connectivity index (χ3v) is 4.28. The molecule has 0 aromatic heterocycles. The van der Waals surface area contributed by atoms with Crippen LogP contribution in [-0.2, 0) is 22.7 Å². The van der Waals surface area contributed by atoms with Crippen LogP contribution in [0.2, 0.25) is 0 Å². The van der Waals surface area contributed by atoms with E-state index in [9.17, 15) is 8.42 Å². The molecule has 0 saturated carbocycles. The van der Waals surface area contributed by atoms with E-state index >= 15 is 0 Å². The third-order valence-electron chi connectivity index (χ3n) is 3.15. The highest BCUT2D eigenvalue weighted by molar-refractivity contribution is 7.90. The van der Waals surface area contributed by atoms with Gasteiger partial charge in [0.15, 0.2) is 9.84 Å². The Hall–Kier alpha value is -1.81. The van der Waals surface area contributed by atoms with Crippen LogP contribution in [0.4, 0.5) is 5.69 Å². The SMILES string of the molecule is CC.CCc1ccc(CC)cc1.CS(=O)(=O)c1ccc(N)cc1. The number of nitrogens with two attached hydrogens (primary N) is 1. The average Bonchev–Trinajstić information content (AvgIpc) is 2.57. The first-order chi connectivity index (χ1) is 10.9. The van der Waals surface area contributed by atoms with E-state index < -0.39 is 9.84 Å². The summed E-state index contributed by atoms with van der Waals surface area (Å²) in [7, 11) is -3.08. The van der Waals surface area contributed by atoms with E-state index in [1.165, 1.54) is 29.5 Å². The van der Waals surface area contributed by atoms with Gasteiger partial charge in [-0.2, -0.15) is 0 Å². The summed E-state index contributed by atoms with van der Waals surface area (Å²) in [6, 6.07) is 14.9. The average molecular weight is 336 g/mol. The summed E-state index contributed by atoms with van der Waals surface area (Å²) < 4.78 is 21.8. The molecule has 0 bridgehead atoms. The van der Waals surface area contributed by atoms with E-state index in [1.54, 1.807) is 12.1 Å². The number of anilines is 1. The standard InChI is InChI=1S/C10H14.C7H9NO2S.C2H6/c1-3-9-5-7-10(4-2)8-6-9;1-11(9,10)7-4-2-6(8)3-5-7;1-2/h5-8H,3-4H2,1-2H3;2-5H,8H2,1H3;1-2H3. The van der Waals surface area contributed by atoms with Crippen molar-refractivity contribution in [2.75, 3.05) is 12.0 Å². The molecule has 2 rings (SSSR count). The second-order valence-electron chi connectivity index (χ2n) is 4.86. The van der Waals surface area contributed by atoms with E-state index in [4.69, 9.17) is 5.73 Å². The van der Waals surface area contributed by atoms with Gasteiger partial charge >= 0.3 is 0 Å². The van der Waals surface area contributed by atoms with Crippen molar-refractivity contribution in [1.29, 1.82) is 0 Å². The fourth-order valence-corrected chi connectivity index (χ4v) is 2.36.